The maximum atomic E-state index is 14.6. The van der Waals surface area contributed by atoms with Gasteiger partial charge in [-0.2, -0.15) is 31.4 Å². The van der Waals surface area contributed by atoms with Gasteiger partial charge in [-0.3, -0.25) is 0 Å². The van der Waals surface area contributed by atoms with Crippen LogP contribution in [0.25, 0.3) is 0 Å². The molecule has 36 heavy (non-hydrogen) atoms. The van der Waals surface area contributed by atoms with Gasteiger partial charge in [0, 0.05) is 11.3 Å². The quantitative estimate of drug-likeness (QED) is 0.161. The number of esters is 1. The van der Waals surface area contributed by atoms with E-state index in [9.17, 15) is 22.0 Å². The molecular formula is C27H28F2O5S2. The summed E-state index contributed by atoms with van der Waals surface area (Å²) in [6.07, 6.45) is -6.39. The summed E-state index contributed by atoms with van der Waals surface area (Å²) in [5, 5.41) is 0. The number of carbonyl (C=O) groups excluding carboxylic acids is 1. The van der Waals surface area contributed by atoms with Crippen molar-refractivity contribution in [2.45, 2.75) is 40.7 Å². The highest BCUT2D eigenvalue weighted by Crippen LogP contribution is 2.68. The summed E-state index contributed by atoms with van der Waals surface area (Å²) in [7, 11) is -6.91. The largest absolute Gasteiger partial charge is 0.450 e. The Bertz CT molecular complexity index is 1180. The van der Waals surface area contributed by atoms with Crippen LogP contribution in [0.3, 0.4) is 0 Å². The van der Waals surface area contributed by atoms with Crippen molar-refractivity contribution in [1.82, 2.24) is 0 Å². The molecule has 0 aliphatic heterocycles. The van der Waals surface area contributed by atoms with Crippen LogP contribution in [0.1, 0.15) is 13.8 Å². The maximum Gasteiger partial charge on any atom is 0.405 e. The van der Waals surface area contributed by atoms with E-state index < -0.39 is 44.1 Å². The van der Waals surface area contributed by atoms with E-state index in [0.717, 1.165) is 21.6 Å². The molecule has 3 aromatic carbocycles. The fourth-order valence-corrected chi connectivity index (χ4v) is 9.32. The summed E-state index contributed by atoms with van der Waals surface area (Å²) in [4.78, 5) is 14.3. The lowest BCUT2D eigenvalue weighted by Crippen LogP contribution is -2.40. The van der Waals surface area contributed by atoms with E-state index in [1.54, 1.807) is 0 Å². The van der Waals surface area contributed by atoms with Crippen molar-refractivity contribution in [3.8, 4) is 0 Å². The molecular weight excluding hydrogens is 506 g/mol. The summed E-state index contributed by atoms with van der Waals surface area (Å²) >= 11 is 0. The predicted octanol–water partition coefficient (Wildman–Crippen LogP) is 6.42. The maximum absolute atomic E-state index is 14.6. The molecule has 0 aliphatic rings. The molecule has 0 spiro atoms. The minimum Gasteiger partial charge on any atom is -0.450 e. The van der Waals surface area contributed by atoms with Crippen molar-refractivity contribution >= 4 is 26.1 Å². The molecule has 0 amide bonds. The predicted molar refractivity (Wildman–Crippen MR) is 137 cm³/mol. The second kappa shape index (κ2) is 11.4. The van der Waals surface area contributed by atoms with E-state index >= 15 is 0 Å². The highest BCUT2D eigenvalue weighted by Gasteiger charge is 2.46. The summed E-state index contributed by atoms with van der Waals surface area (Å²) < 4.78 is 63.9. The van der Waals surface area contributed by atoms with Crippen LogP contribution in [0, 0.1) is 0 Å². The third-order valence-electron chi connectivity index (χ3n) is 5.42. The van der Waals surface area contributed by atoms with Gasteiger partial charge in [0.2, 0.25) is 0 Å². The average Bonchev–Trinajstić information content (AvgIpc) is 2.85. The van der Waals surface area contributed by atoms with Crippen molar-refractivity contribution < 1.29 is 30.9 Å². The zero-order valence-electron chi connectivity index (χ0n) is 20.0. The smallest absolute Gasteiger partial charge is 0.405 e. The van der Waals surface area contributed by atoms with Gasteiger partial charge in [0.25, 0.3) is 10.1 Å². The first-order valence-electron chi connectivity index (χ1n) is 11.1. The summed E-state index contributed by atoms with van der Waals surface area (Å²) in [6.45, 7) is 5.49. The van der Waals surface area contributed by atoms with Crippen LogP contribution < -0.4 is 0 Å². The van der Waals surface area contributed by atoms with Crippen LogP contribution in [0.15, 0.2) is 118 Å². The Balaban J connectivity index is 1.98. The van der Waals surface area contributed by atoms with E-state index in [0.29, 0.717) is 0 Å². The van der Waals surface area contributed by atoms with Crippen LogP contribution in [0.5, 0.6) is 0 Å². The second-order valence-corrected chi connectivity index (χ2v) is 13.1. The lowest BCUT2D eigenvalue weighted by molar-refractivity contribution is -0.240. The van der Waals surface area contributed by atoms with Gasteiger partial charge >= 0.3 is 12.1 Å². The molecule has 192 valence electrons. The van der Waals surface area contributed by atoms with E-state index in [-0.39, 0.29) is 11.3 Å². The molecule has 9 heteroatoms. The molecule has 0 saturated heterocycles. The molecule has 3 rings (SSSR count). The van der Waals surface area contributed by atoms with Gasteiger partial charge in [-0.1, -0.05) is 61.2 Å². The zero-order valence-corrected chi connectivity index (χ0v) is 21.6. The number of halogens is 2. The molecule has 0 radical (unpaired) electrons. The monoisotopic (exact) mass is 534 g/mol. The Morgan fingerprint density at radius 1 is 0.833 bits per heavy atom. The van der Waals surface area contributed by atoms with Crippen LogP contribution in [-0.2, 0) is 23.8 Å². The number of hydrogen-bond acceptors (Lipinski definition) is 5. The second-order valence-electron chi connectivity index (χ2n) is 8.12. The summed E-state index contributed by atoms with van der Waals surface area (Å²) in [5.41, 5.74) is -0.0949. The number of benzene rings is 3. The Kier molecular flexibility index (Phi) is 8.71. The molecule has 0 saturated carbocycles. The lowest BCUT2D eigenvalue weighted by atomic mass is 10.3. The molecule has 0 bridgehead atoms. The standard InChI is InChI=1S/C27H28F2O5S2/c1-21(2)26(30)33-22(3)27(28,29)34-36(31,32)20-19-35(23-13-7-4-8-14-23,24-15-9-5-10-16-24)25-17-11-6-12-18-25/h4-18,22H,1,19-20H2,2-3H3. The molecule has 0 fully saturated rings. The highest BCUT2D eigenvalue weighted by atomic mass is 32.3. The van der Waals surface area contributed by atoms with Crippen molar-refractivity contribution in [2.75, 3.05) is 11.5 Å². The van der Waals surface area contributed by atoms with Crippen LogP contribution >= 0.6 is 10.0 Å². The van der Waals surface area contributed by atoms with Gasteiger partial charge in [0.1, 0.15) is 0 Å². The van der Waals surface area contributed by atoms with Crippen LogP contribution in [0.2, 0.25) is 0 Å². The number of rotatable bonds is 11. The van der Waals surface area contributed by atoms with Crippen molar-refractivity contribution in [3.05, 3.63) is 103 Å². The third kappa shape index (κ3) is 6.40. The van der Waals surface area contributed by atoms with Gasteiger partial charge in [0.15, 0.2) is 6.10 Å². The molecule has 3 aromatic rings. The molecule has 0 aliphatic carbocycles. The van der Waals surface area contributed by atoms with Gasteiger partial charge in [0.05, 0.1) is 5.75 Å². The number of ether oxygens (including phenoxy) is 1. The molecule has 1 atom stereocenters. The minimum atomic E-state index is -4.74. The van der Waals surface area contributed by atoms with Gasteiger partial charge in [-0.05, 0) is 64.9 Å². The third-order valence-corrected chi connectivity index (χ3v) is 10.9. The van der Waals surface area contributed by atoms with Gasteiger partial charge < -0.3 is 4.74 Å². The van der Waals surface area contributed by atoms with Gasteiger partial charge in [-0.25, -0.2) is 4.79 Å². The summed E-state index contributed by atoms with van der Waals surface area (Å²) in [6, 6.07) is 28.2. The van der Waals surface area contributed by atoms with E-state index in [2.05, 4.69) is 15.5 Å². The fraction of sp³-hybridized carbons (Fsp3) is 0.222. The Morgan fingerprint density at radius 2 is 1.22 bits per heavy atom. The van der Waals surface area contributed by atoms with Crippen molar-refractivity contribution in [2.24, 2.45) is 0 Å². The minimum absolute atomic E-state index is 0.00336. The molecule has 0 aromatic heterocycles. The zero-order chi connectivity index (χ0) is 26.4. The van der Waals surface area contributed by atoms with Crippen molar-refractivity contribution in [1.29, 1.82) is 0 Å². The molecule has 1 unspecified atom stereocenters. The number of carbonyl (C=O) groups is 1. The van der Waals surface area contributed by atoms with E-state index in [4.69, 9.17) is 0 Å². The topological polar surface area (TPSA) is 69.7 Å². The molecule has 5 nitrogen and oxygen atoms in total. The first-order valence-corrected chi connectivity index (χ1v) is 14.5. The van der Waals surface area contributed by atoms with Crippen molar-refractivity contribution in [3.63, 3.8) is 0 Å². The molecule has 0 N–H and O–H groups in total. The first kappa shape index (κ1) is 27.6. The SMILES string of the molecule is C=C(C)C(=O)OC(C)C(F)(F)OS(=O)(=O)CCS(c1ccccc1)(c1ccccc1)c1ccccc1. The fourth-order valence-electron chi connectivity index (χ4n) is 3.56. The average molecular weight is 535 g/mol. The number of hydrogen-bond donors (Lipinski definition) is 0. The summed E-state index contributed by atoms with van der Waals surface area (Å²) in [5.74, 6) is -1.75. The van der Waals surface area contributed by atoms with Crippen LogP contribution in [-0.4, -0.2) is 38.1 Å². The van der Waals surface area contributed by atoms with Crippen LogP contribution in [0.4, 0.5) is 8.78 Å². The molecule has 0 heterocycles. The Morgan fingerprint density at radius 3 is 1.58 bits per heavy atom. The number of alkyl halides is 2. The Hall–Kier alpha value is -3.01. The van der Waals surface area contributed by atoms with E-state index in [1.807, 2.05) is 91.0 Å². The highest BCUT2D eigenvalue weighted by molar-refractivity contribution is 8.34. The normalized spacial score (nSPS) is 13.6. The lowest BCUT2D eigenvalue weighted by Gasteiger charge is -2.41. The Labute approximate surface area is 212 Å². The first-order chi connectivity index (χ1) is 17.0. The van der Waals surface area contributed by atoms with Gasteiger partial charge in [-0.15, -0.1) is 0 Å². The van der Waals surface area contributed by atoms with E-state index in [1.165, 1.54) is 6.92 Å².